The molecule has 4 aromatic heterocycles. The molecule has 0 unspecified atom stereocenters. The molecule has 0 saturated carbocycles. The number of hydrogen-bond acceptors (Lipinski definition) is 6. The summed E-state index contributed by atoms with van der Waals surface area (Å²) in [6.07, 6.45) is 9.85. The molecule has 6 nitrogen and oxygen atoms in total. The van der Waals surface area contributed by atoms with Crippen molar-refractivity contribution in [2.24, 2.45) is 0 Å². The zero-order chi connectivity index (χ0) is 31.9. The lowest BCUT2D eigenvalue weighted by atomic mass is 9.87. The van der Waals surface area contributed by atoms with Gasteiger partial charge in [0.1, 0.15) is 23.9 Å². The van der Waals surface area contributed by atoms with Gasteiger partial charge in [0.05, 0.1) is 11.4 Å². The minimum Gasteiger partial charge on any atom is -0.451 e. The van der Waals surface area contributed by atoms with Crippen LogP contribution in [0, 0.1) is 0 Å². The number of benzene rings is 5. The summed E-state index contributed by atoms with van der Waals surface area (Å²) in [5, 5.41) is 4.38. The van der Waals surface area contributed by atoms with Crippen LogP contribution < -0.4 is 0 Å². The Morgan fingerprint density at radius 3 is 1.40 bits per heavy atom. The van der Waals surface area contributed by atoms with Gasteiger partial charge in [0, 0.05) is 34.6 Å². The van der Waals surface area contributed by atoms with E-state index in [1.54, 1.807) is 12.5 Å². The molecule has 0 aliphatic carbocycles. The molecule has 0 atom stereocenters. The molecule has 4 heterocycles. The summed E-state index contributed by atoms with van der Waals surface area (Å²) in [6.45, 7) is 0. The Balaban J connectivity index is 1.28. The first-order valence-corrected chi connectivity index (χ1v) is 15.6. The van der Waals surface area contributed by atoms with Crippen molar-refractivity contribution in [3.63, 3.8) is 0 Å². The molecule has 0 aliphatic heterocycles. The molecule has 0 saturated heterocycles. The summed E-state index contributed by atoms with van der Waals surface area (Å²) in [6, 6.07) is 42.6. The number of hydrogen-bond donors (Lipinski definition) is 0. The summed E-state index contributed by atoms with van der Waals surface area (Å²) >= 11 is 0. The Hall–Kier alpha value is -6.66. The molecule has 0 amide bonds. The summed E-state index contributed by atoms with van der Waals surface area (Å²) < 4.78 is 10.4. The van der Waals surface area contributed by atoms with Gasteiger partial charge in [0.2, 0.25) is 0 Å². The fraction of sp³-hybridized carbons (Fsp3) is 0. The lowest BCUT2D eigenvalue weighted by molar-refractivity contribution is 0.558. The van der Waals surface area contributed by atoms with Crippen LogP contribution in [0.15, 0.2) is 168 Å². The van der Waals surface area contributed by atoms with Crippen molar-refractivity contribution in [1.82, 2.24) is 19.9 Å². The van der Waals surface area contributed by atoms with Crippen LogP contribution in [0.5, 0.6) is 0 Å². The summed E-state index contributed by atoms with van der Waals surface area (Å²) in [4.78, 5) is 18.6. The van der Waals surface area contributed by atoms with Gasteiger partial charge in [0.25, 0.3) is 0 Å². The van der Waals surface area contributed by atoms with E-state index in [0.29, 0.717) is 0 Å². The number of fused-ring (bicyclic) bond motifs is 2. The number of nitrogens with zero attached hydrogens (tertiary/aromatic N) is 4. The average Bonchev–Trinajstić information content (AvgIpc) is 3.91. The first-order valence-electron chi connectivity index (χ1n) is 15.6. The molecule has 226 valence electrons. The van der Waals surface area contributed by atoms with E-state index in [4.69, 9.17) is 18.8 Å². The van der Waals surface area contributed by atoms with E-state index in [2.05, 4.69) is 113 Å². The van der Waals surface area contributed by atoms with E-state index in [-0.39, 0.29) is 0 Å². The monoisotopic (exact) mass is 618 g/mol. The fourth-order valence-corrected chi connectivity index (χ4v) is 6.52. The van der Waals surface area contributed by atoms with Crippen LogP contribution in [0.1, 0.15) is 0 Å². The topological polar surface area (TPSA) is 77.8 Å². The van der Waals surface area contributed by atoms with Gasteiger partial charge in [0.15, 0.2) is 12.8 Å². The van der Waals surface area contributed by atoms with Gasteiger partial charge in [-0.15, -0.1) is 0 Å². The average molecular weight is 619 g/mol. The standard InChI is InChI=1S/C42H26N4O2/c1-2-7-27(8-3-1)28-9-6-10-29(19-28)30-13-16-35-36(20-30)42(38-18-15-32(22-44-38)40-24-48-26-46-40)34-12-5-4-11-33(34)41(35)37-17-14-31(21-43-37)39-23-47-25-45-39/h1-26H. The van der Waals surface area contributed by atoms with Crippen LogP contribution in [0.2, 0.25) is 0 Å². The van der Waals surface area contributed by atoms with Gasteiger partial charge in [-0.05, 0) is 80.2 Å². The van der Waals surface area contributed by atoms with Crippen molar-refractivity contribution in [2.75, 3.05) is 0 Å². The van der Waals surface area contributed by atoms with Crippen LogP contribution in [-0.4, -0.2) is 19.9 Å². The Kier molecular flexibility index (Phi) is 6.68. The second kappa shape index (κ2) is 11.6. The number of aromatic nitrogens is 4. The number of rotatable bonds is 6. The minimum absolute atomic E-state index is 0.750. The molecule has 6 heteroatoms. The zero-order valence-electron chi connectivity index (χ0n) is 25.6. The quantitative estimate of drug-likeness (QED) is 0.173. The predicted octanol–water partition coefficient (Wildman–Crippen LogP) is 10.8. The van der Waals surface area contributed by atoms with Crippen molar-refractivity contribution in [1.29, 1.82) is 0 Å². The van der Waals surface area contributed by atoms with Crippen LogP contribution in [0.4, 0.5) is 0 Å². The highest BCUT2D eigenvalue weighted by atomic mass is 16.3. The van der Waals surface area contributed by atoms with Crippen molar-refractivity contribution in [2.45, 2.75) is 0 Å². The molecule has 0 aliphatic rings. The van der Waals surface area contributed by atoms with Gasteiger partial charge in [-0.3, -0.25) is 9.97 Å². The SMILES string of the molecule is c1ccc(-c2cccc(-c3ccc4c(-c5ccc(-c6cocn6)cn5)c5ccccc5c(-c5ccc(-c6cocn6)cn5)c4c3)c2)cc1. The lowest BCUT2D eigenvalue weighted by Gasteiger charge is -2.18. The largest absolute Gasteiger partial charge is 0.451 e. The molecular weight excluding hydrogens is 592 g/mol. The van der Waals surface area contributed by atoms with Crippen molar-refractivity contribution in [3.8, 4) is 67.3 Å². The second-order valence-corrected chi connectivity index (χ2v) is 11.6. The minimum atomic E-state index is 0.750. The third-order valence-electron chi connectivity index (χ3n) is 8.82. The second-order valence-electron chi connectivity index (χ2n) is 11.6. The van der Waals surface area contributed by atoms with E-state index in [9.17, 15) is 0 Å². The highest BCUT2D eigenvalue weighted by Crippen LogP contribution is 2.44. The van der Waals surface area contributed by atoms with Crippen LogP contribution in [-0.2, 0) is 0 Å². The van der Waals surface area contributed by atoms with Crippen LogP contribution >= 0.6 is 0 Å². The van der Waals surface area contributed by atoms with Crippen molar-refractivity contribution < 1.29 is 8.83 Å². The smallest absolute Gasteiger partial charge is 0.181 e. The van der Waals surface area contributed by atoms with Gasteiger partial charge < -0.3 is 8.83 Å². The molecule has 0 bridgehead atoms. The van der Waals surface area contributed by atoms with Gasteiger partial charge in [-0.25, -0.2) is 9.97 Å². The van der Waals surface area contributed by atoms with E-state index in [1.807, 2.05) is 30.6 Å². The third kappa shape index (κ3) is 4.84. The Labute approximate surface area is 276 Å². The van der Waals surface area contributed by atoms with Gasteiger partial charge in [-0.1, -0.05) is 84.9 Å². The fourth-order valence-electron chi connectivity index (χ4n) is 6.52. The van der Waals surface area contributed by atoms with Crippen LogP contribution in [0.3, 0.4) is 0 Å². The molecule has 5 aromatic carbocycles. The third-order valence-corrected chi connectivity index (χ3v) is 8.82. The summed E-state index contributed by atoms with van der Waals surface area (Å²) in [5.74, 6) is 0. The van der Waals surface area contributed by atoms with E-state index in [0.717, 1.165) is 77.7 Å². The molecule has 0 fully saturated rings. The number of pyridine rings is 2. The highest BCUT2D eigenvalue weighted by Gasteiger charge is 2.19. The summed E-state index contributed by atoms with van der Waals surface area (Å²) in [5.41, 5.74) is 11.8. The Bertz CT molecular complexity index is 2520. The molecule has 0 spiro atoms. The first kappa shape index (κ1) is 27.6. The predicted molar refractivity (Wildman–Crippen MR) is 190 cm³/mol. The first-order chi connectivity index (χ1) is 23.8. The van der Waals surface area contributed by atoms with Gasteiger partial charge >= 0.3 is 0 Å². The van der Waals surface area contributed by atoms with E-state index in [1.165, 1.54) is 23.9 Å². The highest BCUT2D eigenvalue weighted by molar-refractivity contribution is 6.21. The molecule has 9 aromatic rings. The van der Waals surface area contributed by atoms with Crippen molar-refractivity contribution in [3.05, 3.63) is 159 Å². The molecule has 48 heavy (non-hydrogen) atoms. The number of oxazole rings is 2. The van der Waals surface area contributed by atoms with Gasteiger partial charge in [-0.2, -0.15) is 0 Å². The summed E-state index contributed by atoms with van der Waals surface area (Å²) in [7, 11) is 0. The Morgan fingerprint density at radius 1 is 0.333 bits per heavy atom. The zero-order valence-corrected chi connectivity index (χ0v) is 25.6. The normalized spacial score (nSPS) is 11.3. The molecule has 9 rings (SSSR count). The van der Waals surface area contributed by atoms with E-state index < -0.39 is 0 Å². The Morgan fingerprint density at radius 2 is 0.833 bits per heavy atom. The molecule has 0 radical (unpaired) electrons. The maximum absolute atomic E-state index is 5.22. The van der Waals surface area contributed by atoms with Crippen LogP contribution in [0.25, 0.3) is 88.8 Å². The molecular formula is C42H26N4O2. The lowest BCUT2D eigenvalue weighted by Crippen LogP contribution is -1.95. The van der Waals surface area contributed by atoms with E-state index >= 15 is 0 Å². The van der Waals surface area contributed by atoms with Crippen molar-refractivity contribution >= 4 is 21.5 Å². The molecule has 0 N–H and O–H groups in total. The maximum atomic E-state index is 5.22. The maximum Gasteiger partial charge on any atom is 0.181 e.